The summed E-state index contributed by atoms with van der Waals surface area (Å²) in [6.45, 7) is 5.70. The van der Waals surface area contributed by atoms with Crippen LogP contribution in [-0.2, 0) is 6.61 Å². The lowest BCUT2D eigenvalue weighted by molar-refractivity contribution is 0.282. The average Bonchev–Trinajstić information content (AvgIpc) is 3.15. The highest BCUT2D eigenvalue weighted by Crippen LogP contribution is 2.34. The van der Waals surface area contributed by atoms with Crippen LogP contribution in [0.4, 0.5) is 5.69 Å². The van der Waals surface area contributed by atoms with Crippen molar-refractivity contribution in [1.82, 2.24) is 0 Å². The molecule has 1 saturated carbocycles. The van der Waals surface area contributed by atoms with Crippen LogP contribution in [0.1, 0.15) is 43.7 Å². The van der Waals surface area contributed by atoms with Crippen LogP contribution in [0.25, 0.3) is 0 Å². The molecule has 1 aliphatic rings. The molecule has 1 aliphatic carbocycles. The van der Waals surface area contributed by atoms with Crippen LogP contribution >= 0.6 is 0 Å². The van der Waals surface area contributed by atoms with Gasteiger partial charge in [0.05, 0.1) is 6.61 Å². The van der Waals surface area contributed by atoms with Gasteiger partial charge in [-0.2, -0.15) is 0 Å². The van der Waals surface area contributed by atoms with Crippen molar-refractivity contribution in [1.29, 1.82) is 0 Å². The lowest BCUT2D eigenvalue weighted by atomic mass is 10.1. The van der Waals surface area contributed by atoms with Crippen molar-refractivity contribution >= 4 is 5.69 Å². The smallest absolute Gasteiger partial charge is 0.0681 e. The predicted octanol–water partition coefficient (Wildman–Crippen LogP) is 3.26. The molecule has 2 heteroatoms. The highest BCUT2D eigenvalue weighted by Gasteiger charge is 2.29. The zero-order chi connectivity index (χ0) is 12.3. The maximum absolute atomic E-state index is 9.14. The van der Waals surface area contributed by atoms with E-state index in [1.165, 1.54) is 43.5 Å². The molecule has 0 aromatic heterocycles. The van der Waals surface area contributed by atoms with E-state index < -0.39 is 0 Å². The second-order valence-corrected chi connectivity index (χ2v) is 5.06. The molecule has 0 radical (unpaired) electrons. The average molecular weight is 233 g/mol. The van der Waals surface area contributed by atoms with Crippen LogP contribution in [0.5, 0.6) is 0 Å². The summed E-state index contributed by atoms with van der Waals surface area (Å²) in [5.41, 5.74) is 3.66. The van der Waals surface area contributed by atoms with E-state index in [4.69, 9.17) is 5.11 Å². The van der Waals surface area contributed by atoms with Crippen molar-refractivity contribution < 1.29 is 5.11 Å². The van der Waals surface area contributed by atoms with Gasteiger partial charge >= 0.3 is 0 Å². The number of hydrogen-bond donors (Lipinski definition) is 1. The molecule has 0 saturated heterocycles. The Morgan fingerprint density at radius 2 is 2.12 bits per heavy atom. The fourth-order valence-electron chi connectivity index (χ4n) is 2.35. The van der Waals surface area contributed by atoms with E-state index in [9.17, 15) is 0 Å². The van der Waals surface area contributed by atoms with Crippen molar-refractivity contribution in [2.75, 3.05) is 11.4 Å². The monoisotopic (exact) mass is 233 g/mol. The van der Waals surface area contributed by atoms with Gasteiger partial charge in [-0.05, 0) is 43.4 Å². The lowest BCUT2D eigenvalue weighted by Crippen LogP contribution is -2.27. The Bertz CT molecular complexity index is 371. The minimum Gasteiger partial charge on any atom is -0.392 e. The van der Waals surface area contributed by atoms with Crippen molar-refractivity contribution in [3.8, 4) is 0 Å². The maximum atomic E-state index is 9.14. The molecule has 0 spiro atoms. The Balaban J connectivity index is 2.16. The van der Waals surface area contributed by atoms with Crippen LogP contribution in [0.3, 0.4) is 0 Å². The molecule has 0 unspecified atom stereocenters. The summed E-state index contributed by atoms with van der Waals surface area (Å²) >= 11 is 0. The summed E-state index contributed by atoms with van der Waals surface area (Å²) in [5, 5.41) is 9.14. The van der Waals surface area contributed by atoms with E-state index in [1.807, 2.05) is 6.07 Å². The number of anilines is 1. The largest absolute Gasteiger partial charge is 0.392 e. The first-order chi connectivity index (χ1) is 8.26. The highest BCUT2D eigenvalue weighted by molar-refractivity contribution is 5.56. The van der Waals surface area contributed by atoms with Crippen LogP contribution in [0.15, 0.2) is 18.2 Å². The molecule has 0 atom stereocenters. The van der Waals surface area contributed by atoms with Gasteiger partial charge < -0.3 is 10.0 Å². The molecular formula is C15H23NO. The Morgan fingerprint density at radius 3 is 2.65 bits per heavy atom. The summed E-state index contributed by atoms with van der Waals surface area (Å²) in [6.07, 6.45) is 5.19. The molecule has 1 fully saturated rings. The molecule has 0 heterocycles. The van der Waals surface area contributed by atoms with Gasteiger partial charge in [-0.15, -0.1) is 0 Å². The number of nitrogens with zero attached hydrogens (tertiary/aromatic N) is 1. The van der Waals surface area contributed by atoms with Crippen molar-refractivity contribution in [2.45, 2.75) is 52.2 Å². The van der Waals surface area contributed by atoms with Gasteiger partial charge in [0.2, 0.25) is 0 Å². The van der Waals surface area contributed by atoms with E-state index >= 15 is 0 Å². The van der Waals surface area contributed by atoms with Crippen LogP contribution in [0.2, 0.25) is 0 Å². The van der Waals surface area contributed by atoms with Gasteiger partial charge in [-0.25, -0.2) is 0 Å². The van der Waals surface area contributed by atoms with Crippen LogP contribution in [0, 0.1) is 6.92 Å². The zero-order valence-electron chi connectivity index (χ0n) is 10.9. The van der Waals surface area contributed by atoms with Crippen molar-refractivity contribution in [3.63, 3.8) is 0 Å². The third-order valence-electron chi connectivity index (χ3n) is 3.49. The Hall–Kier alpha value is -1.02. The topological polar surface area (TPSA) is 23.5 Å². The molecule has 1 aromatic carbocycles. The Kier molecular flexibility index (Phi) is 4.06. The molecule has 17 heavy (non-hydrogen) atoms. The molecule has 2 rings (SSSR count). The third-order valence-corrected chi connectivity index (χ3v) is 3.49. The van der Waals surface area contributed by atoms with E-state index in [0.717, 1.165) is 11.6 Å². The number of aliphatic hydroxyl groups excluding tert-OH is 1. The molecule has 1 aromatic rings. The van der Waals surface area contributed by atoms with E-state index in [1.54, 1.807) is 0 Å². The quantitative estimate of drug-likeness (QED) is 0.815. The minimum absolute atomic E-state index is 0.138. The first-order valence-corrected chi connectivity index (χ1v) is 6.73. The maximum Gasteiger partial charge on any atom is 0.0681 e. The van der Waals surface area contributed by atoms with Gasteiger partial charge in [0.25, 0.3) is 0 Å². The first kappa shape index (κ1) is 12.4. The molecule has 94 valence electrons. The highest BCUT2D eigenvalue weighted by atomic mass is 16.3. The van der Waals surface area contributed by atoms with Crippen LogP contribution < -0.4 is 4.90 Å². The van der Waals surface area contributed by atoms with Crippen molar-refractivity contribution in [2.24, 2.45) is 0 Å². The number of aryl methyl sites for hydroxylation is 1. The van der Waals surface area contributed by atoms with Gasteiger partial charge in [0, 0.05) is 18.3 Å². The molecule has 1 N–H and O–H groups in total. The predicted molar refractivity (Wildman–Crippen MR) is 72.4 cm³/mol. The second-order valence-electron chi connectivity index (χ2n) is 5.06. The summed E-state index contributed by atoms with van der Waals surface area (Å²) < 4.78 is 0. The summed E-state index contributed by atoms with van der Waals surface area (Å²) in [6, 6.07) is 7.09. The lowest BCUT2D eigenvalue weighted by Gasteiger charge is -2.26. The van der Waals surface area contributed by atoms with Gasteiger partial charge in [0.15, 0.2) is 0 Å². The standard InChI is InChI=1S/C15H23NO/c1-3-4-9-16(14-6-7-14)15-8-5-13(11-17)10-12(15)2/h5,8,10,14,17H,3-4,6-7,9,11H2,1-2H3. The van der Waals surface area contributed by atoms with Gasteiger partial charge in [-0.3, -0.25) is 0 Å². The third kappa shape index (κ3) is 3.01. The number of rotatable bonds is 6. The molecule has 0 amide bonds. The molecule has 0 bridgehead atoms. The number of hydrogen-bond acceptors (Lipinski definition) is 2. The minimum atomic E-state index is 0.138. The molecule has 2 nitrogen and oxygen atoms in total. The molecule has 0 aliphatic heterocycles. The fourth-order valence-corrected chi connectivity index (χ4v) is 2.35. The normalized spacial score (nSPS) is 15.0. The van der Waals surface area contributed by atoms with Crippen molar-refractivity contribution in [3.05, 3.63) is 29.3 Å². The summed E-state index contributed by atoms with van der Waals surface area (Å²) in [4.78, 5) is 2.56. The summed E-state index contributed by atoms with van der Waals surface area (Å²) in [5.74, 6) is 0. The number of benzene rings is 1. The molecular weight excluding hydrogens is 210 g/mol. The number of aliphatic hydroxyl groups is 1. The zero-order valence-corrected chi connectivity index (χ0v) is 10.9. The van der Waals surface area contributed by atoms with E-state index in [-0.39, 0.29) is 6.61 Å². The van der Waals surface area contributed by atoms with Gasteiger partial charge in [-0.1, -0.05) is 25.5 Å². The Labute approximate surface area is 104 Å². The van der Waals surface area contributed by atoms with E-state index in [0.29, 0.717) is 0 Å². The number of unbranched alkanes of at least 4 members (excludes halogenated alkanes) is 1. The SMILES string of the molecule is CCCCN(c1ccc(CO)cc1C)C1CC1. The fraction of sp³-hybridized carbons (Fsp3) is 0.600. The second kappa shape index (κ2) is 5.54. The van der Waals surface area contributed by atoms with Gasteiger partial charge in [0.1, 0.15) is 0 Å². The Morgan fingerprint density at radius 1 is 1.35 bits per heavy atom. The van der Waals surface area contributed by atoms with Crippen LogP contribution in [-0.4, -0.2) is 17.7 Å². The first-order valence-electron chi connectivity index (χ1n) is 6.73. The van der Waals surface area contributed by atoms with E-state index in [2.05, 4.69) is 30.9 Å². The summed E-state index contributed by atoms with van der Waals surface area (Å²) in [7, 11) is 0.